The Balaban J connectivity index is 1.38. The molecule has 6 heteroatoms. The number of fused-ring (bicyclic) bond motifs is 3. The molecule has 4 atom stereocenters. The van der Waals surface area contributed by atoms with Crippen molar-refractivity contribution < 1.29 is 13.9 Å². The highest BCUT2D eigenvalue weighted by atomic mass is 19.1. The molecule has 1 unspecified atom stereocenters. The van der Waals surface area contributed by atoms with Gasteiger partial charge in [-0.05, 0) is 56.4 Å². The van der Waals surface area contributed by atoms with Crippen molar-refractivity contribution in [2.75, 3.05) is 0 Å². The predicted molar refractivity (Wildman–Crippen MR) is 94.0 cm³/mol. The molecule has 25 heavy (non-hydrogen) atoms. The van der Waals surface area contributed by atoms with Gasteiger partial charge in [-0.1, -0.05) is 0 Å². The van der Waals surface area contributed by atoms with Crippen LogP contribution >= 0.6 is 0 Å². The molecule has 2 aromatic rings. The average Bonchev–Trinajstić information content (AvgIpc) is 3.23. The van der Waals surface area contributed by atoms with Crippen LogP contribution in [0, 0.1) is 5.82 Å². The van der Waals surface area contributed by atoms with E-state index in [1.54, 1.807) is 12.1 Å². The molecule has 2 amide bonds. The number of nitrogens with zero attached hydrogens (tertiary/aromatic N) is 1. The van der Waals surface area contributed by atoms with Crippen molar-refractivity contribution in [2.45, 2.75) is 56.9 Å². The summed E-state index contributed by atoms with van der Waals surface area (Å²) in [5.41, 5.74) is 2.03. The van der Waals surface area contributed by atoms with E-state index < -0.39 is 0 Å². The maximum atomic E-state index is 13.6. The first-order valence-electron chi connectivity index (χ1n) is 8.95. The van der Waals surface area contributed by atoms with Gasteiger partial charge in [-0.25, -0.2) is 9.18 Å². The lowest BCUT2D eigenvalue weighted by molar-refractivity contribution is 0.0980. The van der Waals surface area contributed by atoms with Gasteiger partial charge in [0.1, 0.15) is 5.82 Å². The van der Waals surface area contributed by atoms with E-state index >= 15 is 0 Å². The average molecular weight is 345 g/mol. The molecule has 2 saturated heterocycles. The molecule has 2 aliphatic heterocycles. The molecule has 0 saturated carbocycles. The molecule has 134 valence electrons. The summed E-state index contributed by atoms with van der Waals surface area (Å²) in [5.74, 6) is -0.241. The summed E-state index contributed by atoms with van der Waals surface area (Å²) in [4.78, 5) is 12.3. The number of carbonyl (C=O) groups is 1. The van der Waals surface area contributed by atoms with Gasteiger partial charge in [0, 0.05) is 30.2 Å². The molecule has 1 aromatic heterocycles. The molecule has 2 bridgehead atoms. The van der Waals surface area contributed by atoms with Gasteiger partial charge in [0.05, 0.1) is 18.2 Å². The Kier molecular flexibility index (Phi) is 4.15. The predicted octanol–water partition coefficient (Wildman–Crippen LogP) is 2.87. The van der Waals surface area contributed by atoms with Gasteiger partial charge in [0.15, 0.2) is 0 Å². The largest absolute Gasteiger partial charge is 0.373 e. The molecule has 1 aromatic carbocycles. The standard InChI is InChI=1S/C19H24FN3O2/c1-11(21-19(24)22-16-9-14-4-6-18(16)25-14)7-12-10-23(2)17-5-3-13(20)8-15(12)17/h3,5,8,10-11,14,16,18H,4,6-7,9H2,1-2H3,(H2,21,22,24)/t11?,14-,16+,18+/m0/s1. The van der Waals surface area contributed by atoms with E-state index in [0.29, 0.717) is 12.5 Å². The van der Waals surface area contributed by atoms with Crippen molar-refractivity contribution in [1.29, 1.82) is 0 Å². The van der Waals surface area contributed by atoms with Crippen LogP contribution in [0.25, 0.3) is 10.9 Å². The Morgan fingerprint density at radius 2 is 2.28 bits per heavy atom. The molecule has 2 fully saturated rings. The molecular formula is C19H24FN3O2. The number of aromatic nitrogens is 1. The van der Waals surface area contributed by atoms with E-state index in [9.17, 15) is 9.18 Å². The summed E-state index contributed by atoms with van der Waals surface area (Å²) < 4.78 is 21.3. The highest BCUT2D eigenvalue weighted by molar-refractivity contribution is 5.84. The molecule has 3 heterocycles. The zero-order chi connectivity index (χ0) is 17.6. The van der Waals surface area contributed by atoms with Crippen molar-refractivity contribution in [2.24, 2.45) is 7.05 Å². The van der Waals surface area contributed by atoms with Crippen LogP contribution in [-0.4, -0.2) is 34.9 Å². The maximum Gasteiger partial charge on any atom is 0.315 e. The second kappa shape index (κ2) is 6.33. The number of carbonyl (C=O) groups excluding carboxylic acids is 1. The van der Waals surface area contributed by atoms with Crippen LogP contribution in [0.15, 0.2) is 24.4 Å². The summed E-state index contributed by atoms with van der Waals surface area (Å²) in [6, 6.07) is 4.74. The summed E-state index contributed by atoms with van der Waals surface area (Å²) >= 11 is 0. The fourth-order valence-electron chi connectivity index (χ4n) is 4.21. The van der Waals surface area contributed by atoms with Crippen LogP contribution in [0.2, 0.25) is 0 Å². The van der Waals surface area contributed by atoms with E-state index in [1.165, 1.54) is 6.07 Å². The SMILES string of the molecule is CC(Cc1cn(C)c2ccc(F)cc12)NC(=O)N[C@@H]1C[C@@H]2CC[C@H]1O2. The third kappa shape index (κ3) is 3.23. The number of hydrogen-bond acceptors (Lipinski definition) is 2. The summed E-state index contributed by atoms with van der Waals surface area (Å²) in [5, 5.41) is 6.93. The number of rotatable bonds is 4. The molecule has 2 N–H and O–H groups in total. The van der Waals surface area contributed by atoms with Gasteiger partial charge < -0.3 is 19.9 Å². The van der Waals surface area contributed by atoms with Crippen LogP contribution in [0.1, 0.15) is 31.7 Å². The third-order valence-corrected chi connectivity index (χ3v) is 5.36. The van der Waals surface area contributed by atoms with Crippen molar-refractivity contribution in [3.8, 4) is 0 Å². The molecular weight excluding hydrogens is 321 g/mol. The third-order valence-electron chi connectivity index (χ3n) is 5.36. The monoisotopic (exact) mass is 345 g/mol. The zero-order valence-electron chi connectivity index (χ0n) is 14.6. The molecule has 0 radical (unpaired) electrons. The molecule has 4 rings (SSSR count). The van der Waals surface area contributed by atoms with E-state index in [2.05, 4.69) is 10.6 Å². The van der Waals surface area contributed by atoms with E-state index in [4.69, 9.17) is 4.74 Å². The first-order chi connectivity index (χ1) is 12.0. The van der Waals surface area contributed by atoms with Gasteiger partial charge in [0.2, 0.25) is 0 Å². The summed E-state index contributed by atoms with van der Waals surface area (Å²) in [6.45, 7) is 1.97. The Labute approximate surface area is 146 Å². The Hall–Kier alpha value is -2.08. The van der Waals surface area contributed by atoms with Gasteiger partial charge in [-0.2, -0.15) is 0 Å². The summed E-state index contributed by atoms with van der Waals surface area (Å²) in [6.07, 6.45) is 6.21. The first-order valence-corrected chi connectivity index (χ1v) is 8.95. The van der Waals surface area contributed by atoms with E-state index in [1.807, 2.05) is 24.7 Å². The second-order valence-corrected chi connectivity index (χ2v) is 7.37. The van der Waals surface area contributed by atoms with Gasteiger partial charge >= 0.3 is 6.03 Å². The Morgan fingerprint density at radius 3 is 3.00 bits per heavy atom. The van der Waals surface area contributed by atoms with Crippen LogP contribution in [0.3, 0.4) is 0 Å². The lowest BCUT2D eigenvalue weighted by Crippen LogP contribution is -2.49. The number of nitrogens with one attached hydrogen (secondary N) is 2. The van der Waals surface area contributed by atoms with Crippen molar-refractivity contribution >= 4 is 16.9 Å². The minimum Gasteiger partial charge on any atom is -0.373 e. The van der Waals surface area contributed by atoms with Gasteiger partial charge in [0.25, 0.3) is 0 Å². The Morgan fingerprint density at radius 1 is 1.44 bits per heavy atom. The summed E-state index contributed by atoms with van der Waals surface area (Å²) in [7, 11) is 1.95. The lowest BCUT2D eigenvalue weighted by atomic mass is 9.96. The van der Waals surface area contributed by atoms with Crippen LogP contribution in [0.4, 0.5) is 9.18 Å². The maximum absolute atomic E-state index is 13.6. The van der Waals surface area contributed by atoms with E-state index in [0.717, 1.165) is 35.7 Å². The van der Waals surface area contributed by atoms with Crippen molar-refractivity contribution in [3.05, 3.63) is 35.8 Å². The number of aryl methyl sites for hydroxylation is 1. The fourth-order valence-corrected chi connectivity index (χ4v) is 4.21. The smallest absolute Gasteiger partial charge is 0.315 e. The van der Waals surface area contributed by atoms with Crippen LogP contribution in [0.5, 0.6) is 0 Å². The molecule has 0 aliphatic carbocycles. The second-order valence-electron chi connectivity index (χ2n) is 7.37. The van der Waals surface area contributed by atoms with Gasteiger partial charge in [-0.15, -0.1) is 0 Å². The molecule has 5 nitrogen and oxygen atoms in total. The number of halogens is 1. The lowest BCUT2D eigenvalue weighted by Gasteiger charge is -2.22. The minimum absolute atomic E-state index is 0.0478. The normalized spacial score (nSPS) is 26.1. The van der Waals surface area contributed by atoms with Crippen molar-refractivity contribution in [1.82, 2.24) is 15.2 Å². The number of amides is 2. The number of urea groups is 1. The number of hydrogen-bond donors (Lipinski definition) is 2. The zero-order valence-corrected chi connectivity index (χ0v) is 14.6. The quantitative estimate of drug-likeness (QED) is 0.895. The molecule has 0 spiro atoms. The number of benzene rings is 1. The van der Waals surface area contributed by atoms with Crippen molar-refractivity contribution in [3.63, 3.8) is 0 Å². The first kappa shape index (κ1) is 16.4. The van der Waals surface area contributed by atoms with Gasteiger partial charge in [-0.3, -0.25) is 0 Å². The topological polar surface area (TPSA) is 55.3 Å². The number of ether oxygens (including phenoxy) is 1. The highest BCUT2D eigenvalue weighted by Crippen LogP contribution is 2.34. The van der Waals surface area contributed by atoms with Crippen LogP contribution < -0.4 is 10.6 Å². The fraction of sp³-hybridized carbons (Fsp3) is 0.526. The molecule has 2 aliphatic rings. The minimum atomic E-state index is -0.241. The van der Waals surface area contributed by atoms with E-state index in [-0.39, 0.29) is 30.0 Å². The van der Waals surface area contributed by atoms with Crippen LogP contribution in [-0.2, 0) is 18.2 Å². The highest BCUT2D eigenvalue weighted by Gasteiger charge is 2.41. The Bertz CT molecular complexity index is 803.